The van der Waals surface area contributed by atoms with Gasteiger partial charge in [-0.05, 0) is 35.5 Å². The molecule has 126 valence electrons. The Bertz CT molecular complexity index is 894. The summed E-state index contributed by atoms with van der Waals surface area (Å²) in [6.45, 7) is 1.44. The van der Waals surface area contributed by atoms with Crippen molar-refractivity contribution in [2.45, 2.75) is 0 Å². The SMILES string of the molecule is CN1CCN(C(=O)c2cccc(Nc3nn[nH]n3)c2)c2ccccc21. The highest BCUT2D eigenvalue weighted by molar-refractivity contribution is 6.08. The van der Waals surface area contributed by atoms with Crippen LogP contribution in [0.3, 0.4) is 0 Å². The molecule has 8 nitrogen and oxygen atoms in total. The van der Waals surface area contributed by atoms with E-state index >= 15 is 0 Å². The lowest BCUT2D eigenvalue weighted by Crippen LogP contribution is -2.42. The van der Waals surface area contributed by atoms with Gasteiger partial charge in [-0.1, -0.05) is 23.3 Å². The number of hydrogen-bond donors (Lipinski definition) is 2. The van der Waals surface area contributed by atoms with Crippen molar-refractivity contribution in [1.29, 1.82) is 0 Å². The molecule has 0 saturated carbocycles. The minimum atomic E-state index is -0.0303. The van der Waals surface area contributed by atoms with Crippen LogP contribution in [0.4, 0.5) is 23.0 Å². The molecule has 0 radical (unpaired) electrons. The Morgan fingerprint density at radius 1 is 1.12 bits per heavy atom. The number of nitrogens with one attached hydrogen (secondary N) is 2. The average Bonchev–Trinajstić information content (AvgIpc) is 3.15. The van der Waals surface area contributed by atoms with Gasteiger partial charge in [-0.15, -0.1) is 5.10 Å². The highest BCUT2D eigenvalue weighted by atomic mass is 16.2. The van der Waals surface area contributed by atoms with Crippen molar-refractivity contribution in [2.75, 3.05) is 35.3 Å². The molecular weight excluding hydrogens is 318 g/mol. The van der Waals surface area contributed by atoms with Crippen molar-refractivity contribution in [3.63, 3.8) is 0 Å². The number of aromatic nitrogens is 4. The first-order valence-electron chi connectivity index (χ1n) is 7.95. The fourth-order valence-electron chi connectivity index (χ4n) is 2.95. The number of rotatable bonds is 3. The average molecular weight is 335 g/mol. The maximum absolute atomic E-state index is 13.1. The molecule has 0 saturated heterocycles. The molecule has 0 fully saturated rings. The van der Waals surface area contributed by atoms with Crippen LogP contribution in [0.25, 0.3) is 0 Å². The number of tetrazole rings is 1. The molecule has 0 spiro atoms. The second-order valence-electron chi connectivity index (χ2n) is 5.81. The molecule has 0 aliphatic carbocycles. The third-order valence-corrected chi connectivity index (χ3v) is 4.20. The van der Waals surface area contributed by atoms with Crippen molar-refractivity contribution in [1.82, 2.24) is 20.6 Å². The van der Waals surface area contributed by atoms with E-state index in [0.717, 1.165) is 23.6 Å². The number of aromatic amines is 1. The number of benzene rings is 2. The Labute approximate surface area is 144 Å². The summed E-state index contributed by atoms with van der Waals surface area (Å²) in [5, 5.41) is 16.6. The Morgan fingerprint density at radius 3 is 2.76 bits per heavy atom. The zero-order valence-corrected chi connectivity index (χ0v) is 13.7. The van der Waals surface area contributed by atoms with E-state index < -0.39 is 0 Å². The minimum absolute atomic E-state index is 0.0303. The van der Waals surface area contributed by atoms with Gasteiger partial charge in [-0.2, -0.15) is 5.21 Å². The quantitative estimate of drug-likeness (QED) is 0.761. The van der Waals surface area contributed by atoms with Crippen LogP contribution in [0.5, 0.6) is 0 Å². The molecule has 1 aliphatic heterocycles. The molecule has 0 bridgehead atoms. The Morgan fingerprint density at radius 2 is 1.96 bits per heavy atom. The Kier molecular flexibility index (Phi) is 3.77. The molecule has 0 atom stereocenters. The third kappa shape index (κ3) is 2.89. The largest absolute Gasteiger partial charge is 0.371 e. The molecule has 2 heterocycles. The Hall–Kier alpha value is -3.42. The van der Waals surface area contributed by atoms with Gasteiger partial charge in [0.25, 0.3) is 11.9 Å². The van der Waals surface area contributed by atoms with E-state index in [1.54, 1.807) is 6.07 Å². The van der Waals surface area contributed by atoms with Gasteiger partial charge >= 0.3 is 0 Å². The highest BCUT2D eigenvalue weighted by Crippen LogP contribution is 2.32. The van der Waals surface area contributed by atoms with Gasteiger partial charge < -0.3 is 15.1 Å². The van der Waals surface area contributed by atoms with E-state index in [1.807, 2.05) is 54.4 Å². The summed E-state index contributed by atoms with van der Waals surface area (Å²) in [6, 6.07) is 15.2. The lowest BCUT2D eigenvalue weighted by Gasteiger charge is -2.35. The summed E-state index contributed by atoms with van der Waals surface area (Å²) in [5.74, 6) is 0.326. The number of fused-ring (bicyclic) bond motifs is 1. The van der Waals surface area contributed by atoms with Crippen LogP contribution in [-0.4, -0.2) is 46.7 Å². The van der Waals surface area contributed by atoms with Crippen LogP contribution in [0.15, 0.2) is 48.5 Å². The van der Waals surface area contributed by atoms with Crippen molar-refractivity contribution in [2.24, 2.45) is 0 Å². The van der Waals surface area contributed by atoms with Gasteiger partial charge in [-0.3, -0.25) is 4.79 Å². The molecule has 3 aromatic rings. The van der Waals surface area contributed by atoms with Crippen LogP contribution in [-0.2, 0) is 0 Å². The predicted molar refractivity (Wildman–Crippen MR) is 95.3 cm³/mol. The molecule has 4 rings (SSSR count). The Balaban J connectivity index is 1.62. The molecule has 2 N–H and O–H groups in total. The van der Waals surface area contributed by atoms with E-state index in [0.29, 0.717) is 18.1 Å². The molecule has 8 heteroatoms. The maximum atomic E-state index is 13.1. The highest BCUT2D eigenvalue weighted by Gasteiger charge is 2.25. The van der Waals surface area contributed by atoms with Crippen LogP contribution < -0.4 is 15.1 Å². The van der Waals surface area contributed by atoms with E-state index in [4.69, 9.17) is 0 Å². The topological polar surface area (TPSA) is 90.0 Å². The van der Waals surface area contributed by atoms with Gasteiger partial charge in [0.1, 0.15) is 0 Å². The number of anilines is 4. The fraction of sp³-hybridized carbons (Fsp3) is 0.176. The number of amides is 1. The number of carbonyl (C=O) groups is 1. The monoisotopic (exact) mass is 335 g/mol. The van der Waals surface area contributed by atoms with Crippen LogP contribution in [0.1, 0.15) is 10.4 Å². The van der Waals surface area contributed by atoms with Crippen molar-refractivity contribution in [3.8, 4) is 0 Å². The summed E-state index contributed by atoms with van der Waals surface area (Å²) in [6.07, 6.45) is 0. The number of likely N-dealkylation sites (N-methyl/N-ethyl adjacent to an activating group) is 1. The van der Waals surface area contributed by atoms with E-state index in [-0.39, 0.29) is 5.91 Å². The third-order valence-electron chi connectivity index (χ3n) is 4.20. The van der Waals surface area contributed by atoms with Crippen molar-refractivity contribution in [3.05, 3.63) is 54.1 Å². The van der Waals surface area contributed by atoms with Crippen molar-refractivity contribution >= 4 is 28.9 Å². The molecule has 1 aliphatic rings. The molecule has 25 heavy (non-hydrogen) atoms. The zero-order chi connectivity index (χ0) is 17.2. The number of nitrogens with zero attached hydrogens (tertiary/aromatic N) is 5. The second-order valence-corrected chi connectivity index (χ2v) is 5.81. The fourth-order valence-corrected chi connectivity index (χ4v) is 2.95. The molecular formula is C17H17N7O. The summed E-state index contributed by atoms with van der Waals surface area (Å²) < 4.78 is 0. The minimum Gasteiger partial charge on any atom is -0.371 e. The van der Waals surface area contributed by atoms with Crippen molar-refractivity contribution < 1.29 is 4.79 Å². The number of para-hydroxylation sites is 2. The zero-order valence-electron chi connectivity index (χ0n) is 13.7. The lowest BCUT2D eigenvalue weighted by molar-refractivity contribution is 0.0987. The number of hydrogen-bond acceptors (Lipinski definition) is 6. The summed E-state index contributed by atoms with van der Waals surface area (Å²) >= 11 is 0. The summed E-state index contributed by atoms with van der Waals surface area (Å²) in [5.41, 5.74) is 3.32. The van der Waals surface area contributed by atoms with Crippen LogP contribution in [0, 0.1) is 0 Å². The maximum Gasteiger partial charge on any atom is 0.267 e. The summed E-state index contributed by atoms with van der Waals surface area (Å²) in [4.78, 5) is 17.0. The molecule has 1 aromatic heterocycles. The molecule has 1 amide bonds. The standard InChI is InChI=1S/C17H17N7O/c1-23-9-10-24(15-8-3-2-7-14(15)23)16(25)12-5-4-6-13(11-12)18-17-19-21-22-20-17/h2-8,11H,9-10H2,1H3,(H2,18,19,20,21,22). The summed E-state index contributed by atoms with van der Waals surface area (Å²) in [7, 11) is 2.04. The normalized spacial score (nSPS) is 13.5. The van der Waals surface area contributed by atoms with Gasteiger partial charge in [0.05, 0.1) is 11.4 Å². The molecule has 0 unspecified atom stereocenters. The van der Waals surface area contributed by atoms with E-state index in [2.05, 4.69) is 30.8 Å². The first-order chi connectivity index (χ1) is 12.2. The van der Waals surface area contributed by atoms with Crippen LogP contribution in [0.2, 0.25) is 0 Å². The first-order valence-corrected chi connectivity index (χ1v) is 7.95. The van der Waals surface area contributed by atoms with E-state index in [1.165, 1.54) is 0 Å². The molecule has 2 aromatic carbocycles. The predicted octanol–water partition coefficient (Wildman–Crippen LogP) is 2.04. The number of H-pyrrole nitrogens is 1. The van der Waals surface area contributed by atoms with E-state index in [9.17, 15) is 4.79 Å². The van der Waals surface area contributed by atoms with Gasteiger partial charge in [-0.25, -0.2) is 0 Å². The van der Waals surface area contributed by atoms with Gasteiger partial charge in [0, 0.05) is 31.4 Å². The number of carbonyl (C=O) groups excluding carboxylic acids is 1. The lowest BCUT2D eigenvalue weighted by atomic mass is 10.1. The second kappa shape index (κ2) is 6.23. The van der Waals surface area contributed by atoms with Crippen LogP contribution >= 0.6 is 0 Å². The van der Waals surface area contributed by atoms with Gasteiger partial charge in [0.2, 0.25) is 0 Å². The van der Waals surface area contributed by atoms with Gasteiger partial charge in [0.15, 0.2) is 0 Å². The first kappa shape index (κ1) is 15.1. The smallest absolute Gasteiger partial charge is 0.267 e.